The normalized spacial score (nSPS) is 11.9. The topological polar surface area (TPSA) is 65.0 Å². The van der Waals surface area contributed by atoms with Crippen LogP contribution in [0.4, 0.5) is 0 Å². The van der Waals surface area contributed by atoms with E-state index in [9.17, 15) is 9.90 Å². The van der Waals surface area contributed by atoms with Crippen molar-refractivity contribution in [2.45, 2.75) is 32.2 Å². The maximum atomic E-state index is 11.6. The van der Waals surface area contributed by atoms with Gasteiger partial charge in [0, 0.05) is 13.0 Å². The number of benzene rings is 2. The van der Waals surface area contributed by atoms with Crippen molar-refractivity contribution >= 4 is 5.97 Å². The third kappa shape index (κ3) is 8.76. The quantitative estimate of drug-likeness (QED) is 0.466. The van der Waals surface area contributed by atoms with Gasteiger partial charge in [0.25, 0.3) is 0 Å². The zero-order chi connectivity index (χ0) is 18.5. The first-order chi connectivity index (χ1) is 12.7. The number of carbonyl (C=O) groups excluding carboxylic acids is 1. The first kappa shape index (κ1) is 20.1. The summed E-state index contributed by atoms with van der Waals surface area (Å²) < 4.78 is 16.0. The Hall–Kier alpha value is -2.21. The largest absolute Gasteiger partial charge is 0.461 e. The van der Waals surface area contributed by atoms with Gasteiger partial charge < -0.3 is 19.3 Å². The second-order valence-corrected chi connectivity index (χ2v) is 5.98. The molecular weight excluding hydrogens is 332 g/mol. The fraction of sp³-hybridized carbons (Fsp3) is 0.381. The van der Waals surface area contributed by atoms with Gasteiger partial charge in [0.05, 0.1) is 19.8 Å². The lowest BCUT2D eigenvalue weighted by Crippen LogP contribution is -2.22. The number of esters is 1. The van der Waals surface area contributed by atoms with Crippen molar-refractivity contribution in [3.8, 4) is 0 Å². The van der Waals surface area contributed by atoms with Gasteiger partial charge in [0.15, 0.2) is 0 Å². The molecule has 0 heterocycles. The molecule has 1 atom stereocenters. The standard InChI is InChI=1S/C21H26O5/c22-20(17-25-14-18-8-3-1-4-9-18)16-24-13-7-12-21(23)26-15-19-10-5-2-6-11-19/h1-6,8-11,20,22H,7,12-17H2. The van der Waals surface area contributed by atoms with Crippen LogP contribution in [-0.2, 0) is 32.2 Å². The van der Waals surface area contributed by atoms with Crippen LogP contribution in [0.3, 0.4) is 0 Å². The smallest absolute Gasteiger partial charge is 0.306 e. The number of ether oxygens (including phenoxy) is 3. The second-order valence-electron chi connectivity index (χ2n) is 5.98. The van der Waals surface area contributed by atoms with Crippen molar-refractivity contribution in [1.82, 2.24) is 0 Å². The third-order valence-corrected chi connectivity index (χ3v) is 3.64. The SMILES string of the molecule is O=C(CCCOCC(O)COCc1ccccc1)OCc1ccccc1. The highest BCUT2D eigenvalue weighted by molar-refractivity contribution is 5.69. The molecular formula is C21H26O5. The average Bonchev–Trinajstić information content (AvgIpc) is 2.68. The predicted octanol–water partition coefficient (Wildman–Crippen LogP) is 3.10. The Morgan fingerprint density at radius 1 is 0.846 bits per heavy atom. The Balaban J connectivity index is 1.44. The first-order valence-corrected chi connectivity index (χ1v) is 8.81. The average molecular weight is 358 g/mol. The van der Waals surface area contributed by atoms with E-state index in [1.807, 2.05) is 60.7 Å². The van der Waals surface area contributed by atoms with Crippen molar-refractivity contribution in [2.75, 3.05) is 19.8 Å². The Morgan fingerprint density at radius 3 is 2.08 bits per heavy atom. The minimum absolute atomic E-state index is 0.188. The zero-order valence-electron chi connectivity index (χ0n) is 14.9. The highest BCUT2D eigenvalue weighted by Crippen LogP contribution is 2.04. The van der Waals surface area contributed by atoms with E-state index in [-0.39, 0.29) is 25.8 Å². The summed E-state index contributed by atoms with van der Waals surface area (Å²) in [5.74, 6) is -0.246. The molecule has 0 aliphatic carbocycles. The minimum Gasteiger partial charge on any atom is -0.461 e. The number of rotatable bonds is 12. The van der Waals surface area contributed by atoms with Crippen LogP contribution in [0.15, 0.2) is 60.7 Å². The second kappa shape index (κ2) is 12.2. The Morgan fingerprint density at radius 2 is 1.42 bits per heavy atom. The van der Waals surface area contributed by atoms with E-state index in [0.717, 1.165) is 11.1 Å². The number of carbonyl (C=O) groups is 1. The highest BCUT2D eigenvalue weighted by Gasteiger charge is 2.06. The molecule has 0 amide bonds. The van der Waals surface area contributed by atoms with Gasteiger partial charge in [-0.3, -0.25) is 4.79 Å². The third-order valence-electron chi connectivity index (χ3n) is 3.64. The summed E-state index contributed by atoms with van der Waals surface area (Å²) in [6, 6.07) is 19.4. The van der Waals surface area contributed by atoms with E-state index in [1.165, 1.54) is 0 Å². The first-order valence-electron chi connectivity index (χ1n) is 8.81. The van der Waals surface area contributed by atoms with Gasteiger partial charge in [-0.05, 0) is 17.5 Å². The van der Waals surface area contributed by atoms with E-state index < -0.39 is 6.10 Å². The molecule has 2 aromatic rings. The van der Waals surface area contributed by atoms with Crippen LogP contribution in [0.25, 0.3) is 0 Å². The summed E-state index contributed by atoms with van der Waals surface area (Å²) in [4.78, 5) is 11.6. The fourth-order valence-electron chi connectivity index (χ4n) is 2.28. The zero-order valence-corrected chi connectivity index (χ0v) is 14.9. The molecule has 0 aromatic heterocycles. The summed E-state index contributed by atoms with van der Waals surface area (Å²) >= 11 is 0. The van der Waals surface area contributed by atoms with Crippen molar-refractivity contribution in [3.05, 3.63) is 71.8 Å². The van der Waals surface area contributed by atoms with Crippen molar-refractivity contribution < 1.29 is 24.1 Å². The molecule has 140 valence electrons. The molecule has 0 bridgehead atoms. The van der Waals surface area contributed by atoms with Crippen LogP contribution >= 0.6 is 0 Å². The van der Waals surface area contributed by atoms with Crippen LogP contribution in [-0.4, -0.2) is 37.0 Å². The molecule has 2 rings (SSSR count). The molecule has 0 aliphatic rings. The number of aliphatic hydroxyl groups excluding tert-OH is 1. The molecule has 2 aromatic carbocycles. The van der Waals surface area contributed by atoms with Crippen LogP contribution in [0.5, 0.6) is 0 Å². The van der Waals surface area contributed by atoms with Gasteiger partial charge in [0.1, 0.15) is 12.7 Å². The van der Waals surface area contributed by atoms with E-state index in [2.05, 4.69) is 0 Å². The molecule has 1 unspecified atom stereocenters. The molecule has 0 fully saturated rings. The van der Waals surface area contributed by atoms with Crippen molar-refractivity contribution in [2.24, 2.45) is 0 Å². The summed E-state index contributed by atoms with van der Waals surface area (Å²) in [6.45, 7) is 1.56. The maximum absolute atomic E-state index is 11.6. The monoisotopic (exact) mass is 358 g/mol. The lowest BCUT2D eigenvalue weighted by Gasteiger charge is -2.12. The van der Waals surface area contributed by atoms with Gasteiger partial charge >= 0.3 is 5.97 Å². The minimum atomic E-state index is -0.677. The molecule has 0 saturated carbocycles. The number of hydrogen-bond donors (Lipinski definition) is 1. The predicted molar refractivity (Wildman–Crippen MR) is 98.4 cm³/mol. The van der Waals surface area contributed by atoms with Crippen LogP contribution in [0.1, 0.15) is 24.0 Å². The van der Waals surface area contributed by atoms with E-state index in [0.29, 0.717) is 26.1 Å². The fourth-order valence-corrected chi connectivity index (χ4v) is 2.28. The lowest BCUT2D eigenvalue weighted by atomic mass is 10.2. The van der Waals surface area contributed by atoms with E-state index >= 15 is 0 Å². The van der Waals surface area contributed by atoms with E-state index in [4.69, 9.17) is 14.2 Å². The molecule has 1 N–H and O–H groups in total. The van der Waals surface area contributed by atoms with Crippen LogP contribution < -0.4 is 0 Å². The van der Waals surface area contributed by atoms with Gasteiger partial charge in [-0.25, -0.2) is 0 Å². The van der Waals surface area contributed by atoms with Crippen LogP contribution in [0.2, 0.25) is 0 Å². The Bertz CT molecular complexity index is 615. The van der Waals surface area contributed by atoms with Gasteiger partial charge in [-0.1, -0.05) is 60.7 Å². The van der Waals surface area contributed by atoms with Crippen LogP contribution in [0, 0.1) is 0 Å². The molecule has 0 spiro atoms. The summed E-state index contributed by atoms with van der Waals surface area (Å²) in [5.41, 5.74) is 2.03. The van der Waals surface area contributed by atoms with Crippen molar-refractivity contribution in [1.29, 1.82) is 0 Å². The summed E-state index contributed by atoms with van der Waals surface area (Å²) in [6.07, 6.45) is 0.183. The van der Waals surface area contributed by atoms with E-state index in [1.54, 1.807) is 0 Å². The molecule has 26 heavy (non-hydrogen) atoms. The molecule has 0 saturated heterocycles. The molecule has 0 aliphatic heterocycles. The lowest BCUT2D eigenvalue weighted by molar-refractivity contribution is -0.145. The number of aliphatic hydroxyl groups is 1. The summed E-state index contributed by atoms with van der Waals surface area (Å²) in [5, 5.41) is 9.80. The van der Waals surface area contributed by atoms with Crippen molar-refractivity contribution in [3.63, 3.8) is 0 Å². The van der Waals surface area contributed by atoms with Gasteiger partial charge in [-0.15, -0.1) is 0 Å². The summed E-state index contributed by atoms with van der Waals surface area (Å²) in [7, 11) is 0. The highest BCUT2D eigenvalue weighted by atomic mass is 16.5. The Labute approximate surface area is 154 Å². The van der Waals surface area contributed by atoms with Gasteiger partial charge in [0.2, 0.25) is 0 Å². The Kier molecular flexibility index (Phi) is 9.43. The molecule has 5 heteroatoms. The maximum Gasteiger partial charge on any atom is 0.306 e. The number of hydrogen-bond acceptors (Lipinski definition) is 5. The molecule has 0 radical (unpaired) electrons. The molecule has 5 nitrogen and oxygen atoms in total. The van der Waals surface area contributed by atoms with Gasteiger partial charge in [-0.2, -0.15) is 0 Å².